The lowest BCUT2D eigenvalue weighted by molar-refractivity contribution is 0.0414. The lowest BCUT2D eigenvalue weighted by atomic mass is 9.75. The van der Waals surface area contributed by atoms with Crippen molar-refractivity contribution in [3.05, 3.63) is 53.1 Å². The molecule has 0 aliphatic heterocycles. The summed E-state index contributed by atoms with van der Waals surface area (Å²) in [4.78, 5) is 0. The first kappa shape index (κ1) is 23.9. The van der Waals surface area contributed by atoms with E-state index in [2.05, 4.69) is 39.8 Å². The minimum Gasteiger partial charge on any atom is -0.497 e. The fourth-order valence-corrected chi connectivity index (χ4v) is 7.14. The number of aryl methyl sites for hydroxylation is 3. The molecule has 0 bridgehead atoms. The lowest BCUT2D eigenvalue weighted by Crippen LogP contribution is -2.35. The van der Waals surface area contributed by atoms with Crippen LogP contribution in [0.15, 0.2) is 36.4 Å². The molecule has 0 amide bonds. The first-order valence-electron chi connectivity index (χ1n) is 11.3. The Labute approximate surface area is 187 Å². The summed E-state index contributed by atoms with van der Waals surface area (Å²) in [6.45, 7) is 12.8. The summed E-state index contributed by atoms with van der Waals surface area (Å²) >= 11 is 0. The molecule has 2 aromatic carbocycles. The summed E-state index contributed by atoms with van der Waals surface area (Å²) in [5.41, 5.74) is 3.03. The minimum absolute atomic E-state index is 0.0899. The summed E-state index contributed by atoms with van der Waals surface area (Å²) in [7, 11) is -2.00. The van der Waals surface area contributed by atoms with Crippen molar-refractivity contribution in [3.8, 4) is 11.5 Å². The van der Waals surface area contributed by atoms with Crippen molar-refractivity contribution in [1.82, 2.24) is 0 Å². The second kappa shape index (κ2) is 9.79. The largest absolute Gasteiger partial charge is 0.497 e. The van der Waals surface area contributed by atoms with E-state index in [1.165, 1.54) is 6.42 Å². The molecule has 4 nitrogen and oxygen atoms in total. The minimum atomic E-state index is -3.63. The molecule has 1 fully saturated rings. The molecule has 0 radical (unpaired) electrons. The van der Waals surface area contributed by atoms with E-state index in [1.54, 1.807) is 19.2 Å². The van der Waals surface area contributed by atoms with Gasteiger partial charge in [-0.05, 0) is 86.8 Å². The van der Waals surface area contributed by atoms with E-state index in [0.717, 1.165) is 35.3 Å². The topological polar surface area (TPSA) is 44.8 Å². The van der Waals surface area contributed by atoms with Crippen molar-refractivity contribution in [1.29, 1.82) is 0 Å². The fraction of sp³-hybridized carbons (Fsp3) is 0.538. The Balaban J connectivity index is 2.04. The Morgan fingerprint density at radius 2 is 1.55 bits per heavy atom. The molecular weight excluding hydrogens is 407 g/mol. The first-order chi connectivity index (χ1) is 14.6. The van der Waals surface area contributed by atoms with Gasteiger partial charge in [0.05, 0.1) is 18.5 Å². The Kier molecular flexibility index (Phi) is 7.55. The summed E-state index contributed by atoms with van der Waals surface area (Å²) in [5.74, 6) is 2.64. The van der Waals surface area contributed by atoms with Gasteiger partial charge in [0, 0.05) is 0 Å². The Hall–Kier alpha value is -1.77. The van der Waals surface area contributed by atoms with Crippen LogP contribution in [0.25, 0.3) is 0 Å². The molecule has 2 aromatic rings. The molecule has 3 rings (SSSR count). The van der Waals surface area contributed by atoms with Gasteiger partial charge in [-0.25, -0.2) is 4.57 Å². The van der Waals surface area contributed by atoms with Crippen LogP contribution in [0.3, 0.4) is 0 Å². The van der Waals surface area contributed by atoms with E-state index in [0.29, 0.717) is 28.8 Å². The molecule has 170 valence electrons. The van der Waals surface area contributed by atoms with Crippen molar-refractivity contribution >= 4 is 12.9 Å². The maximum atomic E-state index is 14.6. The molecule has 1 aliphatic rings. The average Bonchev–Trinajstić information content (AvgIpc) is 2.67. The molecular formula is C26H37O4P. The van der Waals surface area contributed by atoms with E-state index < -0.39 is 7.60 Å². The Bertz CT molecular complexity index is 912. The predicted octanol–water partition coefficient (Wildman–Crippen LogP) is 7.00. The number of hydrogen-bond donors (Lipinski definition) is 0. The van der Waals surface area contributed by atoms with Gasteiger partial charge >= 0.3 is 7.60 Å². The van der Waals surface area contributed by atoms with E-state index >= 15 is 0 Å². The van der Waals surface area contributed by atoms with Gasteiger partial charge in [-0.3, -0.25) is 4.52 Å². The monoisotopic (exact) mass is 444 g/mol. The van der Waals surface area contributed by atoms with Crippen LogP contribution in [0.5, 0.6) is 11.5 Å². The van der Waals surface area contributed by atoms with Crippen LogP contribution >= 0.6 is 7.60 Å². The molecule has 1 unspecified atom stereocenters. The van der Waals surface area contributed by atoms with Gasteiger partial charge < -0.3 is 9.26 Å². The summed E-state index contributed by atoms with van der Waals surface area (Å²) in [5, 5.41) is 0.689. The first-order valence-corrected chi connectivity index (χ1v) is 12.9. The Morgan fingerprint density at radius 1 is 0.968 bits per heavy atom. The van der Waals surface area contributed by atoms with E-state index in [-0.39, 0.29) is 6.10 Å². The van der Waals surface area contributed by atoms with Crippen molar-refractivity contribution in [2.24, 2.45) is 17.8 Å². The number of methoxy groups -OCH3 is 1. The summed E-state index contributed by atoms with van der Waals surface area (Å²) in [6, 6.07) is 11.3. The van der Waals surface area contributed by atoms with Crippen LogP contribution < -0.4 is 14.6 Å². The summed E-state index contributed by atoms with van der Waals surface area (Å²) in [6.07, 6.45) is 3.10. The molecule has 0 N–H and O–H groups in total. The quantitative estimate of drug-likeness (QED) is 0.432. The third-order valence-electron chi connectivity index (χ3n) is 6.43. The van der Waals surface area contributed by atoms with Gasteiger partial charge in [-0.2, -0.15) is 0 Å². The van der Waals surface area contributed by atoms with Gasteiger partial charge in [0.25, 0.3) is 0 Å². The zero-order chi connectivity index (χ0) is 22.8. The summed E-state index contributed by atoms with van der Waals surface area (Å²) < 4.78 is 32.6. The molecule has 1 aliphatic carbocycles. The number of ether oxygens (including phenoxy) is 1. The van der Waals surface area contributed by atoms with Gasteiger partial charge in [0.1, 0.15) is 11.5 Å². The highest BCUT2D eigenvalue weighted by atomic mass is 31.2. The standard InChI is InChI=1S/C26H37O4P/c1-17(2)24-13-8-18(3)16-25(24)30-31(27,26-20(5)14-19(4)15-21(26)6)29-23-11-9-22(28-7)10-12-23/h9-12,14-15,17-18,24-25H,8,13,16H2,1-7H3/t18-,24+,25-,31?/m1/s1. The van der Waals surface area contributed by atoms with Crippen molar-refractivity contribution in [2.75, 3.05) is 7.11 Å². The van der Waals surface area contributed by atoms with Crippen LogP contribution in [-0.2, 0) is 9.09 Å². The predicted molar refractivity (Wildman–Crippen MR) is 128 cm³/mol. The third kappa shape index (κ3) is 5.54. The molecule has 5 heteroatoms. The van der Waals surface area contributed by atoms with Gasteiger partial charge in [0.15, 0.2) is 0 Å². The average molecular weight is 445 g/mol. The van der Waals surface area contributed by atoms with Gasteiger partial charge in [-0.15, -0.1) is 0 Å². The van der Waals surface area contributed by atoms with E-state index in [1.807, 2.05) is 26.0 Å². The maximum Gasteiger partial charge on any atom is 0.411 e. The van der Waals surface area contributed by atoms with Gasteiger partial charge in [-0.1, -0.05) is 44.9 Å². The van der Waals surface area contributed by atoms with E-state index in [4.69, 9.17) is 13.8 Å². The van der Waals surface area contributed by atoms with Crippen LogP contribution in [0.4, 0.5) is 0 Å². The van der Waals surface area contributed by atoms with Crippen LogP contribution in [0.1, 0.15) is 56.7 Å². The van der Waals surface area contributed by atoms with E-state index in [9.17, 15) is 4.57 Å². The van der Waals surface area contributed by atoms with Crippen LogP contribution in [0, 0.1) is 38.5 Å². The fourth-order valence-electron chi connectivity index (χ4n) is 4.91. The van der Waals surface area contributed by atoms with Crippen molar-refractivity contribution < 1.29 is 18.3 Å². The molecule has 0 saturated heterocycles. The third-order valence-corrected chi connectivity index (χ3v) is 8.68. The zero-order valence-corrected chi connectivity index (χ0v) is 20.9. The second-order valence-corrected chi connectivity index (χ2v) is 11.3. The lowest BCUT2D eigenvalue weighted by Gasteiger charge is -2.39. The molecule has 31 heavy (non-hydrogen) atoms. The highest BCUT2D eigenvalue weighted by Gasteiger charge is 2.41. The number of hydrogen-bond acceptors (Lipinski definition) is 4. The van der Waals surface area contributed by atoms with Gasteiger partial charge in [0.2, 0.25) is 0 Å². The number of rotatable bonds is 7. The normalized spacial score (nSPS) is 23.4. The molecule has 0 spiro atoms. The second-order valence-electron chi connectivity index (χ2n) is 9.48. The SMILES string of the molecule is COc1ccc(OP(=O)(O[C@@H]2C[C@H](C)CC[C@H]2C(C)C)c2c(C)cc(C)cc2C)cc1. The highest BCUT2D eigenvalue weighted by molar-refractivity contribution is 7.62. The van der Waals surface area contributed by atoms with Crippen molar-refractivity contribution in [3.63, 3.8) is 0 Å². The van der Waals surface area contributed by atoms with Crippen LogP contribution in [-0.4, -0.2) is 13.2 Å². The van der Waals surface area contributed by atoms with Crippen molar-refractivity contribution in [2.45, 2.75) is 66.9 Å². The zero-order valence-electron chi connectivity index (χ0n) is 20.0. The molecule has 0 aromatic heterocycles. The van der Waals surface area contributed by atoms with Crippen LogP contribution in [0.2, 0.25) is 0 Å². The smallest absolute Gasteiger partial charge is 0.411 e. The molecule has 0 heterocycles. The highest BCUT2D eigenvalue weighted by Crippen LogP contribution is 2.53. The number of benzene rings is 2. The molecule has 4 atom stereocenters. The molecule has 1 saturated carbocycles. The maximum absolute atomic E-state index is 14.6. The Morgan fingerprint density at radius 3 is 2.10 bits per heavy atom.